The maximum atomic E-state index is 13.7. The number of nitrogens with zero attached hydrogens (tertiary/aromatic N) is 2. The molecule has 0 radical (unpaired) electrons. The van der Waals surface area contributed by atoms with E-state index in [4.69, 9.17) is 31.5 Å². The number of methoxy groups -OCH3 is 2. The number of nitriles is 1. The number of hydrogen-bond acceptors (Lipinski definition) is 6. The molecule has 0 saturated carbocycles. The molecule has 7 nitrogen and oxygen atoms in total. The van der Waals surface area contributed by atoms with Gasteiger partial charge in [0.2, 0.25) is 5.88 Å². The van der Waals surface area contributed by atoms with E-state index in [0.29, 0.717) is 40.8 Å². The Morgan fingerprint density at radius 1 is 1.12 bits per heavy atom. The highest BCUT2D eigenvalue weighted by Crippen LogP contribution is 2.40. The van der Waals surface area contributed by atoms with E-state index in [1.807, 2.05) is 25.1 Å². The number of rotatable bonds is 6. The van der Waals surface area contributed by atoms with Crippen molar-refractivity contribution in [3.8, 4) is 23.3 Å². The molecule has 2 aromatic carbocycles. The summed E-state index contributed by atoms with van der Waals surface area (Å²) in [6.07, 6.45) is 0.593. The molecule has 1 aromatic heterocycles. The van der Waals surface area contributed by atoms with Crippen LogP contribution >= 0.6 is 11.6 Å². The van der Waals surface area contributed by atoms with Crippen molar-refractivity contribution in [2.45, 2.75) is 25.8 Å². The second-order valence-corrected chi connectivity index (χ2v) is 8.37. The van der Waals surface area contributed by atoms with Gasteiger partial charge in [0, 0.05) is 23.3 Å². The van der Waals surface area contributed by atoms with Crippen LogP contribution in [0.15, 0.2) is 64.8 Å². The summed E-state index contributed by atoms with van der Waals surface area (Å²) in [6.45, 7) is 2.28. The summed E-state index contributed by atoms with van der Waals surface area (Å²) in [7, 11) is 3.17. The van der Waals surface area contributed by atoms with Gasteiger partial charge in [-0.05, 0) is 48.7 Å². The number of nitrogens with two attached hydrogens (primary N) is 1. The van der Waals surface area contributed by atoms with Crippen molar-refractivity contribution in [1.82, 2.24) is 4.57 Å². The number of aromatic nitrogens is 1. The fraction of sp³-hybridized carbons (Fsp3) is 0.231. The lowest BCUT2D eigenvalue weighted by molar-refractivity contribution is 0.354. The molecule has 0 amide bonds. The normalized spacial score (nSPS) is 14.7. The highest BCUT2D eigenvalue weighted by Gasteiger charge is 2.34. The Kier molecular flexibility index (Phi) is 6.53. The number of aryl methyl sites for hydroxylation is 2. The summed E-state index contributed by atoms with van der Waals surface area (Å²) in [6, 6.07) is 16.6. The van der Waals surface area contributed by atoms with Crippen molar-refractivity contribution in [3.05, 3.63) is 97.7 Å². The minimum absolute atomic E-state index is 0.00294. The van der Waals surface area contributed by atoms with Gasteiger partial charge in [-0.2, -0.15) is 5.26 Å². The third-order valence-corrected chi connectivity index (χ3v) is 6.22. The molecule has 3 aromatic rings. The van der Waals surface area contributed by atoms with E-state index in [-0.39, 0.29) is 17.0 Å². The lowest BCUT2D eigenvalue weighted by atomic mass is 9.84. The van der Waals surface area contributed by atoms with Crippen LogP contribution < -0.4 is 25.5 Å². The second-order valence-electron chi connectivity index (χ2n) is 7.94. The van der Waals surface area contributed by atoms with Gasteiger partial charge in [0.05, 0.1) is 25.7 Å². The molecule has 0 spiro atoms. The van der Waals surface area contributed by atoms with Gasteiger partial charge in [-0.15, -0.1) is 0 Å². The van der Waals surface area contributed by atoms with Gasteiger partial charge in [-0.3, -0.25) is 4.79 Å². The van der Waals surface area contributed by atoms with Crippen LogP contribution in [-0.4, -0.2) is 18.8 Å². The Bertz CT molecular complexity index is 1370. The van der Waals surface area contributed by atoms with Crippen molar-refractivity contribution < 1.29 is 14.2 Å². The highest BCUT2D eigenvalue weighted by atomic mass is 35.5. The van der Waals surface area contributed by atoms with Crippen molar-refractivity contribution in [3.63, 3.8) is 0 Å². The predicted octanol–water partition coefficient (Wildman–Crippen LogP) is 4.29. The van der Waals surface area contributed by atoms with Gasteiger partial charge in [0.15, 0.2) is 11.5 Å². The molecular formula is C26H24ClN3O4. The molecule has 174 valence electrons. The number of halogens is 1. The third kappa shape index (κ3) is 4.20. The summed E-state index contributed by atoms with van der Waals surface area (Å²) >= 11 is 6.06. The van der Waals surface area contributed by atoms with Gasteiger partial charge in [-0.1, -0.05) is 29.8 Å². The van der Waals surface area contributed by atoms with Crippen molar-refractivity contribution in [1.29, 1.82) is 5.26 Å². The number of benzene rings is 2. The first-order valence-corrected chi connectivity index (χ1v) is 11.0. The summed E-state index contributed by atoms with van der Waals surface area (Å²) < 4.78 is 18.1. The number of pyridine rings is 1. The largest absolute Gasteiger partial charge is 0.493 e. The van der Waals surface area contributed by atoms with Crippen LogP contribution in [0.5, 0.6) is 17.2 Å². The number of fused-ring (bicyclic) bond motifs is 1. The molecule has 0 bridgehead atoms. The third-order valence-electron chi connectivity index (χ3n) is 5.97. The fourth-order valence-corrected chi connectivity index (χ4v) is 4.36. The van der Waals surface area contributed by atoms with E-state index >= 15 is 0 Å². The molecule has 1 unspecified atom stereocenters. The van der Waals surface area contributed by atoms with Crippen LogP contribution in [0.3, 0.4) is 0 Å². The highest BCUT2D eigenvalue weighted by molar-refractivity contribution is 6.30. The van der Waals surface area contributed by atoms with Gasteiger partial charge < -0.3 is 24.5 Å². The summed E-state index contributed by atoms with van der Waals surface area (Å²) in [5.74, 6) is 0.985. The van der Waals surface area contributed by atoms with Crippen molar-refractivity contribution in [2.75, 3.05) is 14.2 Å². The van der Waals surface area contributed by atoms with E-state index in [0.717, 1.165) is 16.8 Å². The first-order valence-electron chi connectivity index (χ1n) is 10.7. The van der Waals surface area contributed by atoms with Crippen LogP contribution in [-0.2, 0) is 13.0 Å². The summed E-state index contributed by atoms with van der Waals surface area (Å²) in [5.41, 5.74) is 8.87. The van der Waals surface area contributed by atoms with Crippen LogP contribution in [0.25, 0.3) is 0 Å². The number of allylic oxidation sites excluding steroid dienone is 1. The number of ether oxygens (including phenoxy) is 3. The topological polar surface area (TPSA) is 99.5 Å². The Hall–Kier alpha value is -3.89. The Balaban J connectivity index is 1.76. The molecule has 2 heterocycles. The molecule has 8 heteroatoms. The van der Waals surface area contributed by atoms with Crippen LogP contribution in [0.1, 0.15) is 28.3 Å². The smallest absolute Gasteiger partial charge is 0.258 e. The summed E-state index contributed by atoms with van der Waals surface area (Å²) in [5, 5.41) is 10.4. The minimum atomic E-state index is -0.647. The molecule has 0 aliphatic carbocycles. The predicted molar refractivity (Wildman–Crippen MR) is 129 cm³/mol. The Morgan fingerprint density at radius 2 is 1.82 bits per heavy atom. The zero-order valence-electron chi connectivity index (χ0n) is 19.1. The van der Waals surface area contributed by atoms with Crippen LogP contribution in [0.2, 0.25) is 5.02 Å². The lowest BCUT2D eigenvalue weighted by Crippen LogP contribution is -2.33. The Morgan fingerprint density at radius 3 is 2.47 bits per heavy atom. The van der Waals surface area contributed by atoms with Gasteiger partial charge in [0.1, 0.15) is 17.4 Å². The summed E-state index contributed by atoms with van der Waals surface area (Å²) in [4.78, 5) is 13.7. The Labute approximate surface area is 202 Å². The quantitative estimate of drug-likeness (QED) is 0.568. The molecule has 0 saturated heterocycles. The average Bonchev–Trinajstić information content (AvgIpc) is 2.83. The molecule has 1 aliphatic heterocycles. The molecular weight excluding hydrogens is 454 g/mol. The van der Waals surface area contributed by atoms with E-state index in [2.05, 4.69) is 6.07 Å². The van der Waals surface area contributed by atoms with Crippen LogP contribution in [0, 0.1) is 18.3 Å². The van der Waals surface area contributed by atoms with Crippen molar-refractivity contribution >= 4 is 11.6 Å². The van der Waals surface area contributed by atoms with Gasteiger partial charge >= 0.3 is 0 Å². The molecule has 1 atom stereocenters. The fourth-order valence-electron chi connectivity index (χ4n) is 4.23. The van der Waals surface area contributed by atoms with E-state index in [1.54, 1.807) is 49.1 Å². The first kappa shape index (κ1) is 23.3. The monoisotopic (exact) mass is 477 g/mol. The second kappa shape index (κ2) is 9.54. The maximum Gasteiger partial charge on any atom is 0.258 e. The lowest BCUT2D eigenvalue weighted by Gasteiger charge is -2.27. The van der Waals surface area contributed by atoms with Crippen LogP contribution in [0.4, 0.5) is 0 Å². The zero-order chi connectivity index (χ0) is 24.4. The standard InChI is InChI=1S/C26H24ClN3O4/c1-15-12-22-24(23(19(14-28)25(29)34-22)17-5-7-18(27)8-6-17)26(31)30(15)11-10-16-4-9-20(32-2)21(13-16)33-3/h4-9,12-13,23H,10-11,29H2,1-3H3. The van der Waals surface area contributed by atoms with Gasteiger partial charge in [-0.25, -0.2) is 0 Å². The van der Waals surface area contributed by atoms with E-state index < -0.39 is 5.92 Å². The molecule has 4 rings (SSSR count). The van der Waals surface area contributed by atoms with E-state index in [1.165, 1.54) is 0 Å². The molecule has 0 fully saturated rings. The molecule has 1 aliphatic rings. The number of hydrogen-bond donors (Lipinski definition) is 1. The SMILES string of the molecule is COc1ccc(CCn2c(C)cc3c(c2=O)C(c2ccc(Cl)cc2)C(C#N)=C(N)O3)cc1OC. The van der Waals surface area contributed by atoms with E-state index in [9.17, 15) is 10.1 Å². The average molecular weight is 478 g/mol. The maximum absolute atomic E-state index is 13.7. The molecule has 2 N–H and O–H groups in total. The first-order chi connectivity index (χ1) is 16.4. The minimum Gasteiger partial charge on any atom is -0.493 e. The molecule has 34 heavy (non-hydrogen) atoms. The van der Waals surface area contributed by atoms with Gasteiger partial charge in [0.25, 0.3) is 5.56 Å². The zero-order valence-corrected chi connectivity index (χ0v) is 19.8. The van der Waals surface area contributed by atoms with Crippen molar-refractivity contribution in [2.24, 2.45) is 5.73 Å².